The van der Waals surface area contributed by atoms with Crippen LogP contribution in [0.4, 0.5) is 4.39 Å². The lowest BCUT2D eigenvalue weighted by molar-refractivity contribution is 0.380. The van der Waals surface area contributed by atoms with E-state index in [1.54, 1.807) is 16.6 Å². The molecule has 3 aromatic heterocycles. The average molecular weight is 381 g/mol. The van der Waals surface area contributed by atoms with Crippen molar-refractivity contribution in [1.29, 1.82) is 0 Å². The van der Waals surface area contributed by atoms with Crippen molar-refractivity contribution in [3.05, 3.63) is 52.5 Å². The molecule has 0 aliphatic rings. The first kappa shape index (κ1) is 18.2. The van der Waals surface area contributed by atoms with E-state index in [9.17, 15) is 9.18 Å². The number of aromatic nitrogens is 6. The van der Waals surface area contributed by atoms with Crippen molar-refractivity contribution in [3.8, 4) is 11.1 Å². The highest BCUT2D eigenvalue weighted by Gasteiger charge is 2.19. The van der Waals surface area contributed by atoms with Gasteiger partial charge in [0, 0.05) is 13.1 Å². The van der Waals surface area contributed by atoms with Gasteiger partial charge in [0.25, 0.3) is 5.56 Å². The predicted molar refractivity (Wildman–Crippen MR) is 104 cm³/mol. The Kier molecular flexibility index (Phi) is 4.60. The van der Waals surface area contributed by atoms with Crippen LogP contribution in [0.2, 0.25) is 0 Å². The normalized spacial score (nSPS) is 11.8. The van der Waals surface area contributed by atoms with E-state index in [2.05, 4.69) is 20.3 Å². The molecule has 9 heteroatoms. The lowest BCUT2D eigenvalue weighted by Gasteiger charge is -2.11. The van der Waals surface area contributed by atoms with Crippen LogP contribution in [0.15, 0.2) is 35.4 Å². The molecule has 0 radical (unpaired) electrons. The molecule has 4 aromatic rings. The number of benzene rings is 1. The Morgan fingerprint density at radius 1 is 1.11 bits per heavy atom. The Bertz CT molecular complexity index is 1210. The molecule has 8 nitrogen and oxygen atoms in total. The van der Waals surface area contributed by atoms with E-state index in [1.807, 2.05) is 25.9 Å². The number of fused-ring (bicyclic) bond motifs is 3. The molecular weight excluding hydrogens is 361 g/mol. The summed E-state index contributed by atoms with van der Waals surface area (Å²) in [7, 11) is 3.88. The molecule has 0 fully saturated rings. The van der Waals surface area contributed by atoms with E-state index in [0.717, 1.165) is 16.8 Å². The van der Waals surface area contributed by atoms with E-state index < -0.39 is 0 Å². The topological polar surface area (TPSA) is 81.2 Å². The third kappa shape index (κ3) is 3.03. The summed E-state index contributed by atoms with van der Waals surface area (Å²) in [6, 6.07) is 6.16. The Morgan fingerprint density at radius 2 is 1.86 bits per heavy atom. The summed E-state index contributed by atoms with van der Waals surface area (Å²) in [6.07, 6.45) is 2.16. The van der Waals surface area contributed by atoms with E-state index >= 15 is 0 Å². The highest BCUT2D eigenvalue weighted by molar-refractivity contribution is 5.83. The number of aryl methyl sites for hydroxylation is 1. The van der Waals surface area contributed by atoms with Crippen LogP contribution in [0.3, 0.4) is 0 Å². The molecule has 0 N–H and O–H groups in total. The predicted octanol–water partition coefficient (Wildman–Crippen LogP) is 1.76. The van der Waals surface area contributed by atoms with Crippen LogP contribution in [0, 0.1) is 5.82 Å². The lowest BCUT2D eigenvalue weighted by atomic mass is 10.0. The minimum atomic E-state index is -0.310. The van der Waals surface area contributed by atoms with Crippen LogP contribution in [0.25, 0.3) is 27.9 Å². The molecule has 0 aliphatic carbocycles. The van der Waals surface area contributed by atoms with Crippen LogP contribution in [0.1, 0.15) is 12.6 Å². The molecule has 0 unspecified atom stereocenters. The van der Waals surface area contributed by atoms with Crippen molar-refractivity contribution >= 4 is 16.8 Å². The highest BCUT2D eigenvalue weighted by Crippen LogP contribution is 2.28. The van der Waals surface area contributed by atoms with E-state index in [1.165, 1.54) is 23.0 Å². The Labute approximate surface area is 160 Å². The van der Waals surface area contributed by atoms with Crippen LogP contribution in [-0.2, 0) is 13.0 Å². The molecule has 28 heavy (non-hydrogen) atoms. The Morgan fingerprint density at radius 3 is 2.54 bits per heavy atom. The van der Waals surface area contributed by atoms with E-state index in [-0.39, 0.29) is 16.9 Å². The molecule has 144 valence electrons. The molecule has 0 amide bonds. The average Bonchev–Trinajstić information content (AvgIpc) is 3.07. The summed E-state index contributed by atoms with van der Waals surface area (Å²) >= 11 is 0. The van der Waals surface area contributed by atoms with Gasteiger partial charge < -0.3 is 4.90 Å². The number of nitrogens with zero attached hydrogens (tertiary/aromatic N) is 7. The standard InChI is InChI=1S/C19H20FN7O/c1-4-14-15(12-5-7-13(20)8-6-12)17-23-22-16-18(27(17)24-14)21-11-26(19(16)28)10-9-25(2)3/h5-8,11H,4,9-10H2,1-3H3. The van der Waals surface area contributed by atoms with Gasteiger partial charge in [-0.25, -0.2) is 9.37 Å². The molecule has 4 rings (SSSR count). The number of hydrogen-bond acceptors (Lipinski definition) is 6. The van der Waals surface area contributed by atoms with Crippen molar-refractivity contribution in [3.63, 3.8) is 0 Å². The zero-order valence-electron chi connectivity index (χ0n) is 15.9. The minimum absolute atomic E-state index is 0.171. The summed E-state index contributed by atoms with van der Waals surface area (Å²) in [5.74, 6) is -0.310. The zero-order valence-corrected chi connectivity index (χ0v) is 15.9. The first-order valence-corrected chi connectivity index (χ1v) is 9.03. The Balaban J connectivity index is 1.92. The number of rotatable bonds is 5. The third-order valence-electron chi connectivity index (χ3n) is 4.63. The van der Waals surface area contributed by atoms with E-state index in [0.29, 0.717) is 30.8 Å². The molecular formula is C19H20FN7O. The lowest BCUT2D eigenvalue weighted by Crippen LogP contribution is -2.28. The van der Waals surface area contributed by atoms with E-state index in [4.69, 9.17) is 0 Å². The smallest absolute Gasteiger partial charge is 0.283 e. The second kappa shape index (κ2) is 7.08. The van der Waals surface area contributed by atoms with Gasteiger partial charge >= 0.3 is 0 Å². The van der Waals surface area contributed by atoms with Crippen molar-refractivity contribution in [2.24, 2.45) is 0 Å². The van der Waals surface area contributed by atoms with Crippen molar-refractivity contribution < 1.29 is 4.39 Å². The SMILES string of the molecule is CCc1nn2c(nnc3c(=O)n(CCN(C)C)cnc32)c1-c1ccc(F)cc1. The van der Waals surface area contributed by atoms with Crippen molar-refractivity contribution in [2.75, 3.05) is 20.6 Å². The van der Waals surface area contributed by atoms with Crippen molar-refractivity contribution in [2.45, 2.75) is 19.9 Å². The van der Waals surface area contributed by atoms with Gasteiger partial charge in [0.2, 0.25) is 0 Å². The maximum Gasteiger partial charge on any atom is 0.283 e. The molecule has 0 atom stereocenters. The van der Waals surface area contributed by atoms with Gasteiger partial charge in [-0.3, -0.25) is 9.36 Å². The molecule has 0 bridgehead atoms. The van der Waals surface area contributed by atoms with Crippen LogP contribution in [-0.4, -0.2) is 54.9 Å². The molecule has 1 aromatic carbocycles. The van der Waals surface area contributed by atoms with Gasteiger partial charge in [-0.2, -0.15) is 9.61 Å². The fraction of sp³-hybridized carbons (Fsp3) is 0.316. The van der Waals surface area contributed by atoms with Gasteiger partial charge in [0.1, 0.15) is 12.1 Å². The van der Waals surface area contributed by atoms with Gasteiger partial charge in [0.05, 0.1) is 11.3 Å². The van der Waals surface area contributed by atoms with Gasteiger partial charge in [0.15, 0.2) is 16.8 Å². The molecule has 3 heterocycles. The summed E-state index contributed by atoms with van der Waals surface area (Å²) in [4.78, 5) is 19.2. The number of halogens is 1. The molecule has 0 spiro atoms. The summed E-state index contributed by atoms with van der Waals surface area (Å²) in [5.41, 5.74) is 3.12. The highest BCUT2D eigenvalue weighted by atomic mass is 19.1. The first-order chi connectivity index (χ1) is 13.5. The Hall–Kier alpha value is -3.20. The second-order valence-electron chi connectivity index (χ2n) is 6.84. The van der Waals surface area contributed by atoms with Crippen LogP contribution in [0.5, 0.6) is 0 Å². The molecule has 0 saturated heterocycles. The fourth-order valence-electron chi connectivity index (χ4n) is 3.13. The van der Waals surface area contributed by atoms with Crippen LogP contribution >= 0.6 is 0 Å². The minimum Gasteiger partial charge on any atom is -0.308 e. The number of likely N-dealkylation sites (N-methyl/N-ethyl adjacent to an activating group) is 1. The number of hydrogen-bond donors (Lipinski definition) is 0. The maximum atomic E-state index is 13.3. The quantitative estimate of drug-likeness (QED) is 0.524. The van der Waals surface area contributed by atoms with Gasteiger partial charge in [-0.15, -0.1) is 10.2 Å². The molecule has 0 aliphatic heterocycles. The largest absolute Gasteiger partial charge is 0.308 e. The van der Waals surface area contributed by atoms with Crippen molar-refractivity contribution in [1.82, 2.24) is 34.3 Å². The summed E-state index contributed by atoms with van der Waals surface area (Å²) in [6.45, 7) is 3.19. The molecule has 0 saturated carbocycles. The zero-order chi connectivity index (χ0) is 19.8. The van der Waals surface area contributed by atoms with Crippen LogP contribution < -0.4 is 5.56 Å². The maximum absolute atomic E-state index is 13.3. The summed E-state index contributed by atoms with van der Waals surface area (Å²) < 4.78 is 16.4. The fourth-order valence-corrected chi connectivity index (χ4v) is 3.13. The third-order valence-corrected chi connectivity index (χ3v) is 4.63. The first-order valence-electron chi connectivity index (χ1n) is 9.03. The second-order valence-corrected chi connectivity index (χ2v) is 6.84. The van der Waals surface area contributed by atoms with Gasteiger partial charge in [-0.05, 0) is 38.2 Å². The monoisotopic (exact) mass is 381 g/mol. The van der Waals surface area contributed by atoms with Gasteiger partial charge in [-0.1, -0.05) is 19.1 Å². The summed E-state index contributed by atoms with van der Waals surface area (Å²) in [5, 5.41) is 13.0.